The van der Waals surface area contributed by atoms with E-state index in [1.807, 2.05) is 0 Å². The largest absolute Gasteiger partial charge is 0.393 e. The summed E-state index contributed by atoms with van der Waals surface area (Å²) in [4.78, 5) is 15.1. The third-order valence-electron chi connectivity index (χ3n) is 6.00. The molecule has 1 saturated carbocycles. The molecule has 0 bridgehead atoms. The topological polar surface area (TPSA) is 52.6 Å². The molecule has 1 heterocycles. The molecule has 1 aromatic rings. The minimum absolute atomic E-state index is 0.000572. The van der Waals surface area contributed by atoms with Crippen LogP contribution in [0.2, 0.25) is 0 Å². The van der Waals surface area contributed by atoms with Gasteiger partial charge in [0.05, 0.1) is 12.1 Å². The van der Waals surface area contributed by atoms with Crippen LogP contribution in [0.25, 0.3) is 0 Å². The van der Waals surface area contributed by atoms with Crippen LogP contribution in [0.1, 0.15) is 49.8 Å². The molecule has 3 aliphatic rings. The highest BCUT2D eigenvalue weighted by Crippen LogP contribution is 2.49. The number of carbonyl (C=O) groups is 1. The Morgan fingerprint density at radius 1 is 1.25 bits per heavy atom. The van der Waals surface area contributed by atoms with Crippen molar-refractivity contribution in [3.05, 3.63) is 35.4 Å². The highest BCUT2D eigenvalue weighted by atomic mass is 16.3. The van der Waals surface area contributed by atoms with E-state index in [1.54, 1.807) is 0 Å². The molecule has 0 radical (unpaired) electrons. The van der Waals surface area contributed by atoms with Gasteiger partial charge in [0.25, 0.3) is 0 Å². The molecule has 0 aromatic heterocycles. The van der Waals surface area contributed by atoms with Crippen LogP contribution in [-0.2, 0) is 4.79 Å². The molecular formula is C20H28N2O2. The summed E-state index contributed by atoms with van der Waals surface area (Å²) < 4.78 is 0. The Kier molecular flexibility index (Phi) is 4.13. The fourth-order valence-corrected chi connectivity index (χ4v) is 4.87. The molecule has 0 unspecified atom stereocenters. The van der Waals surface area contributed by atoms with E-state index in [0.717, 1.165) is 19.6 Å². The van der Waals surface area contributed by atoms with E-state index < -0.39 is 0 Å². The average molecular weight is 328 g/mol. The molecule has 1 aliphatic heterocycles. The highest BCUT2D eigenvalue weighted by Gasteiger charge is 2.47. The number of amides is 1. The molecule has 1 aromatic carbocycles. The summed E-state index contributed by atoms with van der Waals surface area (Å²) in [6.45, 7) is 7.83. The lowest BCUT2D eigenvalue weighted by atomic mass is 9.81. The number of rotatable bonds is 4. The zero-order chi connectivity index (χ0) is 16.8. The van der Waals surface area contributed by atoms with Crippen molar-refractivity contribution in [3.63, 3.8) is 0 Å². The maximum Gasteiger partial charge on any atom is 0.223 e. The van der Waals surface area contributed by atoms with Gasteiger partial charge >= 0.3 is 0 Å². The number of likely N-dealkylation sites (tertiary alicyclic amines) is 1. The second kappa shape index (κ2) is 6.16. The lowest BCUT2D eigenvalue weighted by molar-refractivity contribution is -0.132. The first-order valence-electron chi connectivity index (χ1n) is 9.32. The number of hydrogen-bond donors (Lipinski definition) is 2. The Labute approximate surface area is 144 Å². The van der Waals surface area contributed by atoms with Crippen molar-refractivity contribution in [1.29, 1.82) is 0 Å². The van der Waals surface area contributed by atoms with Crippen LogP contribution in [0, 0.1) is 17.8 Å². The Morgan fingerprint density at radius 2 is 1.96 bits per heavy atom. The number of benzene rings is 1. The first-order valence-corrected chi connectivity index (χ1v) is 9.32. The van der Waals surface area contributed by atoms with Crippen molar-refractivity contribution < 1.29 is 9.90 Å². The van der Waals surface area contributed by atoms with E-state index in [4.69, 9.17) is 0 Å². The lowest BCUT2D eigenvalue weighted by Gasteiger charge is -2.32. The van der Waals surface area contributed by atoms with E-state index in [1.165, 1.54) is 11.1 Å². The Hall–Kier alpha value is -1.39. The van der Waals surface area contributed by atoms with E-state index >= 15 is 0 Å². The van der Waals surface area contributed by atoms with Gasteiger partial charge in [-0.2, -0.15) is 0 Å². The van der Waals surface area contributed by atoms with Crippen LogP contribution in [0.5, 0.6) is 0 Å². The van der Waals surface area contributed by atoms with Gasteiger partial charge in [0.1, 0.15) is 0 Å². The van der Waals surface area contributed by atoms with Crippen LogP contribution in [0.4, 0.5) is 0 Å². The van der Waals surface area contributed by atoms with Gasteiger partial charge in [-0.05, 0) is 29.9 Å². The number of fused-ring (bicyclic) bond motifs is 3. The summed E-state index contributed by atoms with van der Waals surface area (Å²) >= 11 is 0. The molecule has 4 nitrogen and oxygen atoms in total. The fourth-order valence-electron chi connectivity index (χ4n) is 4.87. The number of aliphatic hydroxyl groups is 1. The summed E-state index contributed by atoms with van der Waals surface area (Å²) in [7, 11) is 0. The number of hydrogen-bond acceptors (Lipinski definition) is 3. The Morgan fingerprint density at radius 3 is 2.62 bits per heavy atom. The maximum atomic E-state index is 12.5. The molecular weight excluding hydrogens is 300 g/mol. The Bertz CT molecular complexity index is 624. The van der Waals surface area contributed by atoms with Crippen molar-refractivity contribution in [2.75, 3.05) is 19.6 Å². The van der Waals surface area contributed by atoms with E-state index in [-0.39, 0.29) is 24.0 Å². The van der Waals surface area contributed by atoms with Crippen LogP contribution in [0.15, 0.2) is 24.3 Å². The van der Waals surface area contributed by atoms with Gasteiger partial charge < -0.3 is 15.3 Å². The maximum absolute atomic E-state index is 12.5. The standard InChI is InChI=1S/C20H28N2O2/c1-12(2)9-22-10-17-15-5-3-4-6-16(15)19(18(17)11-22)21-20(24)13-7-14(23)8-13/h3-6,12-14,17-19,23H,7-11H2,1-2H3,(H,21,24)/t13?,14?,17-,18-,19+/m0/s1. The minimum atomic E-state index is -0.280. The van der Waals surface area contributed by atoms with E-state index in [9.17, 15) is 9.90 Å². The third-order valence-corrected chi connectivity index (χ3v) is 6.00. The van der Waals surface area contributed by atoms with Crippen molar-refractivity contribution in [2.24, 2.45) is 17.8 Å². The SMILES string of the molecule is CC(C)CN1C[C@@H]2[C@H](NC(=O)C3CC(O)C3)c3ccccc3[C@@H]2C1. The second-order valence-corrected chi connectivity index (χ2v) is 8.32. The highest BCUT2D eigenvalue weighted by molar-refractivity contribution is 5.80. The molecule has 24 heavy (non-hydrogen) atoms. The zero-order valence-electron chi connectivity index (χ0n) is 14.6. The van der Waals surface area contributed by atoms with Crippen LogP contribution in [-0.4, -0.2) is 41.7 Å². The summed E-state index contributed by atoms with van der Waals surface area (Å²) in [5, 5.41) is 12.8. The predicted octanol–water partition coefficient (Wildman–Crippen LogP) is 2.30. The van der Waals surface area contributed by atoms with Crippen molar-refractivity contribution in [2.45, 2.75) is 44.8 Å². The zero-order valence-corrected chi connectivity index (χ0v) is 14.6. The fraction of sp³-hybridized carbons (Fsp3) is 0.650. The van der Waals surface area contributed by atoms with E-state index in [0.29, 0.717) is 30.6 Å². The molecule has 2 aliphatic carbocycles. The summed E-state index contributed by atoms with van der Waals surface area (Å²) in [5.74, 6) is 1.82. The van der Waals surface area contributed by atoms with Gasteiger partial charge in [-0.15, -0.1) is 0 Å². The average Bonchev–Trinajstić information content (AvgIpc) is 3.02. The summed E-state index contributed by atoms with van der Waals surface area (Å²) in [6.07, 6.45) is 0.957. The number of aliphatic hydroxyl groups excluding tert-OH is 1. The van der Waals surface area contributed by atoms with Crippen LogP contribution < -0.4 is 5.32 Å². The van der Waals surface area contributed by atoms with Crippen molar-refractivity contribution in [3.8, 4) is 0 Å². The Balaban J connectivity index is 1.53. The third kappa shape index (κ3) is 2.76. The van der Waals surface area contributed by atoms with Gasteiger partial charge in [-0.1, -0.05) is 38.1 Å². The van der Waals surface area contributed by atoms with Crippen LogP contribution in [0.3, 0.4) is 0 Å². The van der Waals surface area contributed by atoms with Crippen LogP contribution >= 0.6 is 0 Å². The first-order chi connectivity index (χ1) is 11.5. The number of carbonyl (C=O) groups excluding carboxylic acids is 1. The molecule has 1 saturated heterocycles. The van der Waals surface area contributed by atoms with Gasteiger partial charge in [0.15, 0.2) is 0 Å². The quantitative estimate of drug-likeness (QED) is 0.892. The summed E-state index contributed by atoms with van der Waals surface area (Å²) in [6, 6.07) is 8.76. The molecule has 1 amide bonds. The molecule has 130 valence electrons. The number of nitrogens with zero attached hydrogens (tertiary/aromatic N) is 1. The number of nitrogens with one attached hydrogen (secondary N) is 1. The monoisotopic (exact) mass is 328 g/mol. The smallest absolute Gasteiger partial charge is 0.223 e. The molecule has 2 fully saturated rings. The second-order valence-electron chi connectivity index (χ2n) is 8.32. The van der Waals surface area contributed by atoms with Gasteiger partial charge in [-0.25, -0.2) is 0 Å². The van der Waals surface area contributed by atoms with Gasteiger partial charge in [0.2, 0.25) is 5.91 Å². The minimum Gasteiger partial charge on any atom is -0.393 e. The summed E-state index contributed by atoms with van der Waals surface area (Å²) in [5.41, 5.74) is 2.73. The van der Waals surface area contributed by atoms with Crippen molar-refractivity contribution >= 4 is 5.91 Å². The molecule has 4 rings (SSSR count). The van der Waals surface area contributed by atoms with Gasteiger partial charge in [0, 0.05) is 37.4 Å². The first kappa shape index (κ1) is 16.1. The normalized spacial score (nSPS) is 34.8. The molecule has 3 atom stereocenters. The van der Waals surface area contributed by atoms with Crippen molar-refractivity contribution in [1.82, 2.24) is 10.2 Å². The molecule has 2 N–H and O–H groups in total. The predicted molar refractivity (Wildman–Crippen MR) is 93.6 cm³/mol. The lowest BCUT2D eigenvalue weighted by Crippen LogP contribution is -2.43. The van der Waals surface area contributed by atoms with Gasteiger partial charge in [-0.3, -0.25) is 4.79 Å². The molecule has 0 spiro atoms. The molecule has 4 heteroatoms. The van der Waals surface area contributed by atoms with E-state index in [2.05, 4.69) is 48.3 Å².